The van der Waals surface area contributed by atoms with Gasteiger partial charge in [-0.25, -0.2) is 8.42 Å². The third kappa shape index (κ3) is 6.60. The Labute approximate surface area is 205 Å². The lowest BCUT2D eigenvalue weighted by Gasteiger charge is -2.26. The van der Waals surface area contributed by atoms with Crippen molar-refractivity contribution in [3.05, 3.63) is 84.4 Å². The average Bonchev–Trinajstić information content (AvgIpc) is 2.89. The van der Waals surface area contributed by atoms with Crippen molar-refractivity contribution in [1.29, 1.82) is 0 Å². The highest BCUT2D eigenvalue weighted by Crippen LogP contribution is 2.22. The minimum atomic E-state index is -3.66. The van der Waals surface area contributed by atoms with Crippen molar-refractivity contribution in [2.24, 2.45) is 0 Å². The summed E-state index contributed by atoms with van der Waals surface area (Å²) in [6, 6.07) is 23.1. The number of nitrogens with one attached hydrogen (secondary N) is 1. The van der Waals surface area contributed by atoms with Crippen LogP contribution in [-0.2, 0) is 26.2 Å². The molecule has 4 rings (SSSR count). The zero-order valence-electron chi connectivity index (χ0n) is 19.4. The van der Waals surface area contributed by atoms with Gasteiger partial charge >= 0.3 is 0 Å². The van der Waals surface area contributed by atoms with E-state index < -0.39 is 22.0 Å². The Bertz CT molecular complexity index is 1230. The lowest BCUT2D eigenvalue weighted by molar-refractivity contribution is -0.122. The number of nitrogens with zero attached hydrogens (tertiary/aromatic N) is 1. The van der Waals surface area contributed by atoms with E-state index in [1.165, 1.54) is 16.4 Å². The number of carbonyl (C=O) groups excluding carboxylic acids is 1. The SMILES string of the molecule is C[C@@H](Oc1ccc(OCc2ccccc2)cc1)C(=O)Nc1cccc(S(=O)(=O)N2CCOCC2)c1. The van der Waals surface area contributed by atoms with Crippen molar-refractivity contribution >= 4 is 21.6 Å². The van der Waals surface area contributed by atoms with Gasteiger partial charge in [0.25, 0.3) is 5.91 Å². The lowest BCUT2D eigenvalue weighted by atomic mass is 10.2. The largest absolute Gasteiger partial charge is 0.489 e. The molecular formula is C26H28N2O6S. The number of hydrogen-bond acceptors (Lipinski definition) is 6. The summed E-state index contributed by atoms with van der Waals surface area (Å²) in [5, 5.41) is 2.73. The van der Waals surface area contributed by atoms with Gasteiger partial charge in [0.2, 0.25) is 10.0 Å². The highest BCUT2D eigenvalue weighted by atomic mass is 32.2. The number of rotatable bonds is 9. The Morgan fingerprint density at radius 1 is 0.971 bits per heavy atom. The number of sulfonamides is 1. The minimum Gasteiger partial charge on any atom is -0.489 e. The predicted octanol–water partition coefficient (Wildman–Crippen LogP) is 3.69. The number of amides is 1. The summed E-state index contributed by atoms with van der Waals surface area (Å²) in [7, 11) is -3.66. The molecule has 1 aliphatic rings. The van der Waals surface area contributed by atoms with Crippen molar-refractivity contribution in [3.8, 4) is 11.5 Å². The Hall–Kier alpha value is -3.40. The van der Waals surface area contributed by atoms with Crippen molar-refractivity contribution in [2.45, 2.75) is 24.5 Å². The molecule has 3 aromatic rings. The maximum Gasteiger partial charge on any atom is 0.265 e. The summed E-state index contributed by atoms with van der Waals surface area (Å²) in [5.41, 5.74) is 1.45. The van der Waals surface area contributed by atoms with E-state index in [1.54, 1.807) is 43.3 Å². The first-order valence-electron chi connectivity index (χ1n) is 11.3. The smallest absolute Gasteiger partial charge is 0.265 e. The van der Waals surface area contributed by atoms with E-state index in [1.807, 2.05) is 30.3 Å². The molecule has 1 saturated heterocycles. The summed E-state index contributed by atoms with van der Waals surface area (Å²) in [5.74, 6) is 0.815. The second kappa shape index (κ2) is 11.4. The molecule has 1 heterocycles. The van der Waals surface area contributed by atoms with Crippen molar-refractivity contribution in [1.82, 2.24) is 4.31 Å². The van der Waals surface area contributed by atoms with Crippen LogP contribution in [0.1, 0.15) is 12.5 Å². The first kappa shape index (κ1) is 24.7. The first-order chi connectivity index (χ1) is 16.9. The predicted molar refractivity (Wildman–Crippen MR) is 132 cm³/mol. The van der Waals surface area contributed by atoms with Gasteiger partial charge in [0.05, 0.1) is 18.1 Å². The number of anilines is 1. The van der Waals surface area contributed by atoms with E-state index in [9.17, 15) is 13.2 Å². The summed E-state index contributed by atoms with van der Waals surface area (Å²) in [6.07, 6.45) is -0.800. The van der Waals surface area contributed by atoms with Crippen LogP contribution in [0, 0.1) is 0 Å². The molecule has 0 bridgehead atoms. The molecule has 0 saturated carbocycles. The Morgan fingerprint density at radius 3 is 2.37 bits per heavy atom. The number of carbonyl (C=O) groups is 1. The minimum absolute atomic E-state index is 0.122. The topological polar surface area (TPSA) is 94.2 Å². The van der Waals surface area contributed by atoms with Crippen molar-refractivity contribution < 1.29 is 27.4 Å². The van der Waals surface area contributed by atoms with E-state index in [0.717, 1.165) is 5.56 Å². The highest BCUT2D eigenvalue weighted by Gasteiger charge is 2.26. The number of ether oxygens (including phenoxy) is 3. The van der Waals surface area contributed by atoms with Crippen LogP contribution in [0.15, 0.2) is 83.8 Å². The summed E-state index contributed by atoms with van der Waals surface area (Å²) in [6.45, 7) is 3.43. The second-order valence-corrected chi connectivity index (χ2v) is 9.98. The highest BCUT2D eigenvalue weighted by molar-refractivity contribution is 7.89. The zero-order valence-corrected chi connectivity index (χ0v) is 20.2. The number of benzene rings is 3. The van der Waals surface area contributed by atoms with E-state index in [-0.39, 0.29) is 4.90 Å². The molecule has 9 heteroatoms. The van der Waals surface area contributed by atoms with E-state index in [0.29, 0.717) is 50.1 Å². The van der Waals surface area contributed by atoms with Crippen LogP contribution < -0.4 is 14.8 Å². The van der Waals surface area contributed by atoms with E-state index >= 15 is 0 Å². The van der Waals surface area contributed by atoms with Gasteiger partial charge < -0.3 is 19.5 Å². The van der Waals surface area contributed by atoms with Gasteiger partial charge in [0, 0.05) is 18.8 Å². The average molecular weight is 497 g/mol. The van der Waals surface area contributed by atoms with Crippen molar-refractivity contribution in [2.75, 3.05) is 31.6 Å². The van der Waals surface area contributed by atoms with Gasteiger partial charge in [0.15, 0.2) is 6.10 Å². The van der Waals surface area contributed by atoms with E-state index in [4.69, 9.17) is 14.2 Å². The second-order valence-electron chi connectivity index (χ2n) is 8.04. The molecule has 0 aliphatic carbocycles. The summed E-state index contributed by atoms with van der Waals surface area (Å²) < 4.78 is 43.9. The van der Waals surface area contributed by atoms with Crippen molar-refractivity contribution in [3.63, 3.8) is 0 Å². The van der Waals surface area contributed by atoms with Crippen LogP contribution in [0.2, 0.25) is 0 Å². The first-order valence-corrected chi connectivity index (χ1v) is 12.8. The number of hydrogen-bond donors (Lipinski definition) is 1. The molecule has 0 spiro atoms. The Kier molecular flexibility index (Phi) is 8.02. The van der Waals surface area contributed by atoms with Gasteiger partial charge in [0.1, 0.15) is 18.1 Å². The Balaban J connectivity index is 1.32. The fourth-order valence-electron chi connectivity index (χ4n) is 3.53. The fourth-order valence-corrected chi connectivity index (χ4v) is 4.98. The third-order valence-electron chi connectivity index (χ3n) is 5.46. The molecule has 184 valence electrons. The molecule has 1 atom stereocenters. The van der Waals surface area contributed by atoms with Gasteiger partial charge in [-0.05, 0) is 55.0 Å². The molecule has 8 nitrogen and oxygen atoms in total. The monoisotopic (exact) mass is 496 g/mol. The van der Waals surface area contributed by atoms with Crippen LogP contribution in [0.5, 0.6) is 11.5 Å². The molecule has 35 heavy (non-hydrogen) atoms. The van der Waals surface area contributed by atoms with Gasteiger partial charge in [-0.1, -0.05) is 36.4 Å². The Morgan fingerprint density at radius 2 is 1.66 bits per heavy atom. The maximum absolute atomic E-state index is 12.9. The molecule has 3 aromatic carbocycles. The molecule has 1 fully saturated rings. The maximum atomic E-state index is 12.9. The van der Waals surface area contributed by atoms with Gasteiger partial charge in [-0.3, -0.25) is 4.79 Å². The molecule has 0 radical (unpaired) electrons. The zero-order chi connectivity index (χ0) is 24.7. The molecule has 0 aromatic heterocycles. The summed E-state index contributed by atoms with van der Waals surface area (Å²) in [4.78, 5) is 12.8. The van der Waals surface area contributed by atoms with Crippen LogP contribution in [0.4, 0.5) is 5.69 Å². The fraction of sp³-hybridized carbons (Fsp3) is 0.269. The third-order valence-corrected chi connectivity index (χ3v) is 7.36. The summed E-state index contributed by atoms with van der Waals surface area (Å²) >= 11 is 0. The molecule has 0 unspecified atom stereocenters. The van der Waals surface area contributed by atoms with E-state index in [2.05, 4.69) is 5.32 Å². The molecule has 1 amide bonds. The van der Waals surface area contributed by atoms with Gasteiger partial charge in [-0.2, -0.15) is 4.31 Å². The molecular weight excluding hydrogens is 468 g/mol. The standard InChI is InChI=1S/C26H28N2O6S/c1-20(34-24-12-10-23(11-13-24)33-19-21-6-3-2-4-7-21)26(29)27-22-8-5-9-25(18-22)35(30,31)28-14-16-32-17-15-28/h2-13,18,20H,14-17,19H2,1H3,(H,27,29)/t20-/m1/s1. The van der Waals surface area contributed by atoms with Crippen LogP contribution in [0.25, 0.3) is 0 Å². The number of morpholine rings is 1. The normalized spacial score (nSPS) is 15.2. The lowest BCUT2D eigenvalue weighted by Crippen LogP contribution is -2.40. The van der Waals surface area contributed by atoms with Crippen LogP contribution >= 0.6 is 0 Å². The van der Waals surface area contributed by atoms with Crippen LogP contribution in [-0.4, -0.2) is 51.0 Å². The quantitative estimate of drug-likeness (QED) is 0.486. The van der Waals surface area contributed by atoms with Crippen LogP contribution in [0.3, 0.4) is 0 Å². The molecule has 1 aliphatic heterocycles. The molecule has 1 N–H and O–H groups in total. The van der Waals surface area contributed by atoms with Gasteiger partial charge in [-0.15, -0.1) is 0 Å².